The average molecular weight is 361 g/mol. The SMILES string of the molecule is IN1N=C(c2ccccc2)C=C(c2ccccc2)N1. The average Bonchev–Trinajstić information content (AvgIpc) is 2.48. The minimum absolute atomic E-state index is 0.951. The van der Waals surface area contributed by atoms with Gasteiger partial charge >= 0.3 is 0 Å². The van der Waals surface area contributed by atoms with E-state index in [0.717, 1.165) is 22.5 Å². The minimum atomic E-state index is 0.951. The zero-order valence-corrected chi connectivity index (χ0v) is 12.3. The highest BCUT2D eigenvalue weighted by Gasteiger charge is 2.13. The first-order valence-corrected chi connectivity index (χ1v) is 6.93. The van der Waals surface area contributed by atoms with Crippen molar-refractivity contribution < 1.29 is 0 Å². The van der Waals surface area contributed by atoms with Gasteiger partial charge in [0.1, 0.15) is 22.9 Å². The van der Waals surface area contributed by atoms with Crippen molar-refractivity contribution in [1.82, 2.24) is 8.76 Å². The molecular weight excluding hydrogens is 349 g/mol. The van der Waals surface area contributed by atoms with Crippen LogP contribution in [0.3, 0.4) is 0 Å². The predicted molar refractivity (Wildman–Crippen MR) is 86.4 cm³/mol. The fraction of sp³-hybridized carbons (Fsp3) is 0. The fourth-order valence-electron chi connectivity index (χ4n) is 1.93. The van der Waals surface area contributed by atoms with Crippen LogP contribution in [0.5, 0.6) is 0 Å². The van der Waals surface area contributed by atoms with E-state index in [1.165, 1.54) is 0 Å². The zero-order chi connectivity index (χ0) is 13.1. The van der Waals surface area contributed by atoms with Crippen LogP contribution in [0.1, 0.15) is 11.1 Å². The van der Waals surface area contributed by atoms with Gasteiger partial charge in [0.2, 0.25) is 0 Å². The zero-order valence-electron chi connectivity index (χ0n) is 10.1. The van der Waals surface area contributed by atoms with Crippen LogP contribution in [0.25, 0.3) is 5.70 Å². The van der Waals surface area contributed by atoms with E-state index in [1.807, 2.05) is 36.4 Å². The summed E-state index contributed by atoms with van der Waals surface area (Å²) in [5, 5.41) is 4.48. The Kier molecular flexibility index (Phi) is 3.50. The van der Waals surface area contributed by atoms with Crippen LogP contribution in [0, 0.1) is 0 Å². The lowest BCUT2D eigenvalue weighted by molar-refractivity contribution is 0.482. The molecule has 0 aliphatic carbocycles. The van der Waals surface area contributed by atoms with Gasteiger partial charge in [0, 0.05) is 5.56 Å². The van der Waals surface area contributed by atoms with Gasteiger partial charge in [0.25, 0.3) is 0 Å². The molecule has 94 valence electrons. The minimum Gasteiger partial charge on any atom is -0.273 e. The molecule has 3 nitrogen and oxygen atoms in total. The molecule has 0 saturated heterocycles. The first kappa shape index (κ1) is 12.2. The molecule has 0 spiro atoms. The maximum absolute atomic E-state index is 4.48. The summed E-state index contributed by atoms with van der Waals surface area (Å²) in [5.74, 6) is 0. The van der Waals surface area contributed by atoms with Gasteiger partial charge in [-0.3, -0.25) is 5.43 Å². The number of nitrogens with one attached hydrogen (secondary N) is 1. The highest BCUT2D eigenvalue weighted by Crippen LogP contribution is 2.19. The number of rotatable bonds is 2. The molecule has 19 heavy (non-hydrogen) atoms. The van der Waals surface area contributed by atoms with E-state index in [9.17, 15) is 0 Å². The fourth-order valence-corrected chi connectivity index (χ4v) is 2.42. The maximum Gasteiger partial charge on any atom is 0.108 e. The van der Waals surface area contributed by atoms with Crippen LogP contribution in [0.15, 0.2) is 71.8 Å². The molecule has 0 fully saturated rings. The Morgan fingerprint density at radius 3 is 2.05 bits per heavy atom. The van der Waals surface area contributed by atoms with Crippen molar-refractivity contribution in [1.29, 1.82) is 0 Å². The molecule has 0 atom stereocenters. The second-order valence-electron chi connectivity index (χ2n) is 4.15. The van der Waals surface area contributed by atoms with Crippen molar-refractivity contribution in [2.24, 2.45) is 5.10 Å². The van der Waals surface area contributed by atoms with Gasteiger partial charge in [0.05, 0.1) is 11.4 Å². The second kappa shape index (κ2) is 5.44. The lowest BCUT2D eigenvalue weighted by atomic mass is 10.1. The molecule has 1 aliphatic rings. The number of halogens is 1. The van der Waals surface area contributed by atoms with Crippen LogP contribution < -0.4 is 5.43 Å². The lowest BCUT2D eigenvalue weighted by Crippen LogP contribution is -2.28. The van der Waals surface area contributed by atoms with E-state index in [-0.39, 0.29) is 0 Å². The molecule has 0 saturated carbocycles. The van der Waals surface area contributed by atoms with Gasteiger partial charge in [-0.05, 0) is 11.6 Å². The van der Waals surface area contributed by atoms with E-state index in [0.29, 0.717) is 0 Å². The molecule has 1 aliphatic heterocycles. The third kappa shape index (κ3) is 2.78. The highest BCUT2D eigenvalue weighted by atomic mass is 127. The van der Waals surface area contributed by atoms with Crippen LogP contribution >= 0.6 is 22.9 Å². The first-order chi connectivity index (χ1) is 9.33. The maximum atomic E-state index is 4.48. The normalized spacial score (nSPS) is 14.5. The molecule has 0 bridgehead atoms. The van der Waals surface area contributed by atoms with Crippen molar-refractivity contribution in [3.63, 3.8) is 0 Å². The van der Waals surface area contributed by atoms with E-state index in [2.05, 4.69) is 63.7 Å². The molecule has 0 unspecified atom stereocenters. The van der Waals surface area contributed by atoms with Crippen molar-refractivity contribution in [3.05, 3.63) is 77.9 Å². The number of hydrazone groups is 1. The van der Waals surface area contributed by atoms with E-state index < -0.39 is 0 Å². The number of hydrazine groups is 1. The summed E-state index contributed by atoms with van der Waals surface area (Å²) < 4.78 is 1.71. The van der Waals surface area contributed by atoms with Crippen molar-refractivity contribution in [2.45, 2.75) is 0 Å². The summed E-state index contributed by atoms with van der Waals surface area (Å²) >= 11 is 2.13. The monoisotopic (exact) mass is 361 g/mol. The van der Waals surface area contributed by atoms with Gasteiger partial charge in [-0.15, -0.1) is 8.43 Å². The van der Waals surface area contributed by atoms with Gasteiger partial charge in [-0.2, -0.15) is 0 Å². The van der Waals surface area contributed by atoms with Gasteiger partial charge in [-0.25, -0.2) is 0 Å². The van der Waals surface area contributed by atoms with Crippen molar-refractivity contribution in [2.75, 3.05) is 0 Å². The smallest absolute Gasteiger partial charge is 0.108 e. The highest BCUT2D eigenvalue weighted by molar-refractivity contribution is 14.1. The molecule has 2 aromatic rings. The molecule has 1 heterocycles. The number of hydrogen-bond acceptors (Lipinski definition) is 3. The van der Waals surface area contributed by atoms with Crippen LogP contribution in [0.4, 0.5) is 0 Å². The summed E-state index contributed by atoms with van der Waals surface area (Å²) in [4.78, 5) is 0. The number of allylic oxidation sites excluding steroid dienone is 1. The van der Waals surface area contributed by atoms with Gasteiger partial charge in [-0.1, -0.05) is 60.7 Å². The predicted octanol–water partition coefficient (Wildman–Crippen LogP) is 3.60. The van der Waals surface area contributed by atoms with Gasteiger partial charge in [0.15, 0.2) is 0 Å². The molecule has 1 N–H and O–H groups in total. The molecule has 3 rings (SSSR count). The summed E-state index contributed by atoms with van der Waals surface area (Å²) in [6.45, 7) is 0. The summed E-state index contributed by atoms with van der Waals surface area (Å²) in [6, 6.07) is 20.4. The van der Waals surface area contributed by atoms with Crippen LogP contribution in [-0.4, -0.2) is 9.04 Å². The number of benzene rings is 2. The van der Waals surface area contributed by atoms with Crippen LogP contribution in [-0.2, 0) is 0 Å². The quantitative estimate of drug-likeness (QED) is 0.654. The first-order valence-electron chi connectivity index (χ1n) is 5.96. The second-order valence-corrected chi connectivity index (χ2v) is 5.06. The Balaban J connectivity index is 2.00. The standard InChI is InChI=1S/C15H12IN3/c16-19-17-14(12-7-3-1-4-8-12)11-15(18-19)13-9-5-2-6-10-13/h1-11,17H. The Bertz CT molecular complexity index is 620. The molecule has 2 aromatic carbocycles. The lowest BCUT2D eigenvalue weighted by Gasteiger charge is -2.22. The third-order valence-corrected chi connectivity index (χ3v) is 3.30. The molecule has 0 aromatic heterocycles. The topological polar surface area (TPSA) is 27.6 Å². The number of hydrogen-bond donors (Lipinski definition) is 1. The van der Waals surface area contributed by atoms with E-state index >= 15 is 0 Å². The summed E-state index contributed by atoms with van der Waals surface area (Å²) in [7, 11) is 0. The molecule has 0 radical (unpaired) electrons. The number of nitrogens with zero attached hydrogens (tertiary/aromatic N) is 2. The molecule has 0 amide bonds. The summed E-state index contributed by atoms with van der Waals surface area (Å²) in [6.07, 6.45) is 2.07. The molecule has 4 heteroatoms. The van der Waals surface area contributed by atoms with Crippen molar-refractivity contribution in [3.8, 4) is 0 Å². The Labute approximate surface area is 126 Å². The Hall–Kier alpha value is -1.82. The van der Waals surface area contributed by atoms with Gasteiger partial charge < -0.3 is 0 Å². The molecular formula is C15H12IN3. The van der Waals surface area contributed by atoms with Crippen molar-refractivity contribution >= 4 is 34.3 Å². The van der Waals surface area contributed by atoms with E-state index in [1.54, 1.807) is 3.33 Å². The van der Waals surface area contributed by atoms with Crippen LogP contribution in [0.2, 0.25) is 0 Å². The Morgan fingerprint density at radius 2 is 1.42 bits per heavy atom. The van der Waals surface area contributed by atoms with E-state index in [4.69, 9.17) is 0 Å². The Morgan fingerprint density at radius 1 is 0.842 bits per heavy atom. The summed E-state index contributed by atoms with van der Waals surface area (Å²) in [5.41, 5.74) is 7.48. The largest absolute Gasteiger partial charge is 0.273 e. The third-order valence-electron chi connectivity index (χ3n) is 2.84.